The van der Waals surface area contributed by atoms with Crippen LogP contribution in [0, 0.1) is 0 Å². The average Bonchev–Trinajstić information content (AvgIpc) is 3.10. The predicted molar refractivity (Wildman–Crippen MR) is 103 cm³/mol. The Labute approximate surface area is 156 Å². The monoisotopic (exact) mass is 367 g/mol. The zero-order chi connectivity index (χ0) is 18.5. The molecule has 0 radical (unpaired) electrons. The van der Waals surface area contributed by atoms with Crippen LogP contribution in [0.4, 0.5) is 6.01 Å². The fraction of sp³-hybridized carbons (Fsp3) is 0.150. The van der Waals surface area contributed by atoms with Crippen LogP contribution in [0.1, 0.15) is 30.9 Å². The van der Waals surface area contributed by atoms with Crippen molar-refractivity contribution in [2.24, 2.45) is 0 Å². The largest absolute Gasteiger partial charge is 0.403 e. The number of amides is 1. The van der Waals surface area contributed by atoms with Crippen molar-refractivity contribution in [3.05, 3.63) is 70.8 Å². The minimum atomic E-state index is -0.356. The fourth-order valence-electron chi connectivity index (χ4n) is 2.29. The summed E-state index contributed by atoms with van der Waals surface area (Å²) in [6.45, 7) is 4.26. The van der Waals surface area contributed by atoms with Crippen LogP contribution < -0.4 is 5.32 Å². The minimum Gasteiger partial charge on any atom is -0.403 e. The van der Waals surface area contributed by atoms with Crippen molar-refractivity contribution in [3.63, 3.8) is 0 Å². The molecular formula is C20H18ClN3O2. The molecule has 132 valence electrons. The third-order valence-corrected chi connectivity index (χ3v) is 4.03. The summed E-state index contributed by atoms with van der Waals surface area (Å²) in [5.74, 6) is 0.455. The van der Waals surface area contributed by atoms with E-state index in [-0.39, 0.29) is 11.9 Å². The molecule has 6 heteroatoms. The average molecular weight is 368 g/mol. The Kier molecular flexibility index (Phi) is 5.49. The summed E-state index contributed by atoms with van der Waals surface area (Å²) < 4.78 is 5.50. The molecule has 1 N–H and O–H groups in total. The molecular weight excluding hydrogens is 350 g/mol. The van der Waals surface area contributed by atoms with Gasteiger partial charge in [-0.15, -0.1) is 5.10 Å². The fourth-order valence-corrected chi connectivity index (χ4v) is 2.42. The number of halogens is 1. The molecule has 0 atom stereocenters. The van der Waals surface area contributed by atoms with Crippen molar-refractivity contribution in [2.45, 2.75) is 19.8 Å². The number of anilines is 1. The number of aromatic nitrogens is 2. The maximum absolute atomic E-state index is 12.0. The van der Waals surface area contributed by atoms with Crippen molar-refractivity contribution in [3.8, 4) is 11.5 Å². The number of nitrogens with one attached hydrogen (secondary N) is 1. The maximum atomic E-state index is 12.0. The molecule has 3 rings (SSSR count). The first kappa shape index (κ1) is 17.9. The molecule has 0 aliphatic heterocycles. The van der Waals surface area contributed by atoms with Gasteiger partial charge < -0.3 is 4.42 Å². The van der Waals surface area contributed by atoms with Crippen molar-refractivity contribution < 1.29 is 9.21 Å². The second-order valence-electron chi connectivity index (χ2n) is 6.06. The summed E-state index contributed by atoms with van der Waals surface area (Å²) in [5.41, 5.74) is 2.90. The van der Waals surface area contributed by atoms with Crippen LogP contribution in [0.15, 0.2) is 59.0 Å². The normalized spacial score (nSPS) is 11.2. The van der Waals surface area contributed by atoms with Crippen molar-refractivity contribution in [1.82, 2.24) is 10.2 Å². The van der Waals surface area contributed by atoms with Crippen LogP contribution in [0.2, 0.25) is 5.02 Å². The van der Waals surface area contributed by atoms with E-state index in [9.17, 15) is 4.79 Å². The van der Waals surface area contributed by atoms with E-state index in [1.54, 1.807) is 18.2 Å². The standard InChI is InChI=1S/C20H18ClN3O2/c1-13(2)15-6-8-16(9-7-15)19-23-24-20(26-19)22-18(25)12-5-14-3-10-17(21)11-4-14/h3-13H,1-2H3,(H,22,24,25)/b12-5+. The van der Waals surface area contributed by atoms with E-state index in [1.807, 2.05) is 36.4 Å². The lowest BCUT2D eigenvalue weighted by molar-refractivity contribution is -0.112. The van der Waals surface area contributed by atoms with Crippen molar-refractivity contribution in [2.75, 3.05) is 5.32 Å². The topological polar surface area (TPSA) is 68.0 Å². The molecule has 5 nitrogen and oxygen atoms in total. The lowest BCUT2D eigenvalue weighted by Gasteiger charge is -2.04. The van der Waals surface area contributed by atoms with Gasteiger partial charge >= 0.3 is 6.01 Å². The first-order valence-electron chi connectivity index (χ1n) is 8.20. The summed E-state index contributed by atoms with van der Waals surface area (Å²) in [6, 6.07) is 15.1. The van der Waals surface area contributed by atoms with Crippen LogP contribution in [-0.2, 0) is 4.79 Å². The molecule has 26 heavy (non-hydrogen) atoms. The Morgan fingerprint density at radius 2 is 1.77 bits per heavy atom. The Balaban J connectivity index is 1.64. The first-order chi connectivity index (χ1) is 12.5. The highest BCUT2D eigenvalue weighted by Crippen LogP contribution is 2.22. The highest BCUT2D eigenvalue weighted by atomic mass is 35.5. The molecule has 3 aromatic rings. The summed E-state index contributed by atoms with van der Waals surface area (Å²) in [5, 5.41) is 11.0. The summed E-state index contributed by atoms with van der Waals surface area (Å²) >= 11 is 5.83. The minimum absolute atomic E-state index is 0.0543. The molecule has 2 aromatic carbocycles. The van der Waals surface area contributed by atoms with E-state index >= 15 is 0 Å². The van der Waals surface area contributed by atoms with E-state index in [2.05, 4.69) is 29.4 Å². The molecule has 0 spiro atoms. The molecule has 0 unspecified atom stereocenters. The number of carbonyl (C=O) groups is 1. The van der Waals surface area contributed by atoms with Gasteiger partial charge in [0.25, 0.3) is 5.91 Å². The molecule has 1 aromatic heterocycles. The van der Waals surface area contributed by atoms with E-state index in [1.165, 1.54) is 11.6 Å². The van der Waals surface area contributed by atoms with Gasteiger partial charge in [0, 0.05) is 16.7 Å². The van der Waals surface area contributed by atoms with Gasteiger partial charge in [-0.1, -0.05) is 54.8 Å². The van der Waals surface area contributed by atoms with Crippen LogP contribution >= 0.6 is 11.6 Å². The molecule has 1 amide bonds. The molecule has 0 saturated heterocycles. The zero-order valence-corrected chi connectivity index (χ0v) is 15.2. The van der Waals surface area contributed by atoms with E-state index in [0.29, 0.717) is 16.8 Å². The van der Waals surface area contributed by atoms with Crippen LogP contribution in [0.5, 0.6) is 0 Å². The third kappa shape index (κ3) is 4.58. The van der Waals surface area contributed by atoms with Gasteiger partial charge in [0.15, 0.2) is 0 Å². The van der Waals surface area contributed by atoms with E-state index < -0.39 is 0 Å². The predicted octanol–water partition coefficient (Wildman–Crippen LogP) is 5.17. The van der Waals surface area contributed by atoms with Gasteiger partial charge in [-0.2, -0.15) is 0 Å². The Morgan fingerprint density at radius 3 is 2.42 bits per heavy atom. The number of rotatable bonds is 5. The lowest BCUT2D eigenvalue weighted by Crippen LogP contribution is -2.07. The van der Waals surface area contributed by atoms with Gasteiger partial charge in [-0.3, -0.25) is 10.1 Å². The van der Waals surface area contributed by atoms with Crippen LogP contribution in [-0.4, -0.2) is 16.1 Å². The quantitative estimate of drug-likeness (QED) is 0.632. The Morgan fingerprint density at radius 1 is 1.08 bits per heavy atom. The second kappa shape index (κ2) is 7.97. The van der Waals surface area contributed by atoms with Crippen molar-refractivity contribution in [1.29, 1.82) is 0 Å². The third-order valence-electron chi connectivity index (χ3n) is 3.78. The summed E-state index contributed by atoms with van der Waals surface area (Å²) in [4.78, 5) is 12.0. The molecule has 0 aliphatic rings. The smallest absolute Gasteiger partial charge is 0.322 e. The van der Waals surface area contributed by atoms with Gasteiger partial charge in [-0.05, 0) is 47.4 Å². The van der Waals surface area contributed by atoms with Gasteiger partial charge in [0.1, 0.15) is 0 Å². The molecule has 0 saturated carbocycles. The molecule has 0 bridgehead atoms. The zero-order valence-electron chi connectivity index (χ0n) is 14.4. The number of benzene rings is 2. The Hall–Kier alpha value is -2.92. The van der Waals surface area contributed by atoms with Gasteiger partial charge in [0.2, 0.25) is 5.89 Å². The second-order valence-corrected chi connectivity index (χ2v) is 6.50. The van der Waals surface area contributed by atoms with Gasteiger partial charge in [0.05, 0.1) is 0 Å². The van der Waals surface area contributed by atoms with Crippen LogP contribution in [0.3, 0.4) is 0 Å². The Bertz CT molecular complexity index is 913. The van der Waals surface area contributed by atoms with E-state index in [0.717, 1.165) is 11.1 Å². The highest BCUT2D eigenvalue weighted by molar-refractivity contribution is 6.30. The first-order valence-corrected chi connectivity index (χ1v) is 8.57. The lowest BCUT2D eigenvalue weighted by atomic mass is 10.0. The number of hydrogen-bond acceptors (Lipinski definition) is 4. The number of carbonyl (C=O) groups excluding carboxylic acids is 1. The van der Waals surface area contributed by atoms with Gasteiger partial charge in [-0.25, -0.2) is 0 Å². The number of hydrogen-bond donors (Lipinski definition) is 1. The summed E-state index contributed by atoms with van der Waals surface area (Å²) in [7, 11) is 0. The SMILES string of the molecule is CC(C)c1ccc(-c2nnc(NC(=O)/C=C/c3ccc(Cl)cc3)o2)cc1. The molecule has 0 fully saturated rings. The van der Waals surface area contributed by atoms with Crippen LogP contribution in [0.25, 0.3) is 17.5 Å². The highest BCUT2D eigenvalue weighted by Gasteiger charge is 2.10. The summed E-state index contributed by atoms with van der Waals surface area (Å²) in [6.07, 6.45) is 3.07. The maximum Gasteiger partial charge on any atom is 0.322 e. The molecule has 1 heterocycles. The van der Waals surface area contributed by atoms with Crippen molar-refractivity contribution >= 4 is 29.6 Å². The molecule has 0 aliphatic carbocycles. The van der Waals surface area contributed by atoms with E-state index in [4.69, 9.17) is 16.0 Å². The number of nitrogens with zero attached hydrogens (tertiary/aromatic N) is 2.